The van der Waals surface area contributed by atoms with Crippen LogP contribution in [-0.4, -0.2) is 29.5 Å². The van der Waals surface area contributed by atoms with Gasteiger partial charge in [-0.2, -0.15) is 15.2 Å². The molecule has 0 saturated heterocycles. The molecule has 0 unspecified atom stereocenters. The van der Waals surface area contributed by atoms with Gasteiger partial charge >= 0.3 is 6.01 Å². The largest absolute Gasteiger partial charge is 0.467 e. The number of nitrogen functional groups attached to an aromatic ring is 1. The second kappa shape index (κ2) is 8.08. The van der Waals surface area contributed by atoms with Crippen LogP contribution in [0.4, 0.5) is 11.5 Å². The lowest BCUT2D eigenvalue weighted by Crippen LogP contribution is -2.39. The lowest BCUT2D eigenvalue weighted by atomic mass is 9.78. The van der Waals surface area contributed by atoms with Gasteiger partial charge in [-0.3, -0.25) is 4.79 Å². The summed E-state index contributed by atoms with van der Waals surface area (Å²) >= 11 is 0. The molecule has 1 aliphatic heterocycles. The van der Waals surface area contributed by atoms with Crippen LogP contribution in [0.3, 0.4) is 0 Å². The molecular formula is C22H25N5O2. The Bertz CT molecular complexity index is 943. The number of rotatable bonds is 4. The Morgan fingerprint density at radius 1 is 1.21 bits per heavy atom. The van der Waals surface area contributed by atoms with Crippen LogP contribution in [0.25, 0.3) is 0 Å². The van der Waals surface area contributed by atoms with E-state index in [1.807, 2.05) is 12.1 Å². The van der Waals surface area contributed by atoms with Crippen LogP contribution < -0.4 is 15.4 Å². The Morgan fingerprint density at radius 3 is 2.59 bits per heavy atom. The van der Waals surface area contributed by atoms with Gasteiger partial charge in [0.15, 0.2) is 0 Å². The van der Waals surface area contributed by atoms with Crippen LogP contribution >= 0.6 is 0 Å². The summed E-state index contributed by atoms with van der Waals surface area (Å²) in [6, 6.07) is 10.8. The molecule has 1 amide bonds. The number of ether oxygens (including phenoxy) is 1. The van der Waals surface area contributed by atoms with Crippen molar-refractivity contribution in [1.29, 1.82) is 5.26 Å². The molecule has 2 N–H and O–H groups in total. The molecule has 7 nitrogen and oxygen atoms in total. The van der Waals surface area contributed by atoms with Gasteiger partial charge in [-0.1, -0.05) is 12.1 Å². The molecule has 4 rings (SSSR count). The van der Waals surface area contributed by atoms with Crippen molar-refractivity contribution in [3.05, 3.63) is 41.1 Å². The molecule has 7 heteroatoms. The molecule has 1 aliphatic carbocycles. The van der Waals surface area contributed by atoms with Gasteiger partial charge in [0.25, 0.3) is 5.91 Å². The zero-order valence-corrected chi connectivity index (χ0v) is 16.6. The Labute approximate surface area is 170 Å². The van der Waals surface area contributed by atoms with Crippen molar-refractivity contribution in [3.63, 3.8) is 0 Å². The molecule has 0 atom stereocenters. The van der Waals surface area contributed by atoms with Crippen molar-refractivity contribution in [2.24, 2.45) is 5.92 Å². The number of carbonyl (C=O) groups is 1. The lowest BCUT2D eigenvalue weighted by Gasteiger charge is -2.30. The zero-order valence-electron chi connectivity index (χ0n) is 16.6. The summed E-state index contributed by atoms with van der Waals surface area (Å²) in [7, 11) is 1.48. The highest BCUT2D eigenvalue weighted by Gasteiger charge is 2.30. The second-order valence-corrected chi connectivity index (χ2v) is 7.80. The van der Waals surface area contributed by atoms with Crippen molar-refractivity contribution in [3.8, 4) is 12.1 Å². The summed E-state index contributed by atoms with van der Waals surface area (Å²) in [4.78, 5) is 23.1. The Morgan fingerprint density at radius 2 is 1.93 bits per heavy atom. The van der Waals surface area contributed by atoms with E-state index in [1.165, 1.54) is 12.7 Å². The number of hydrogen-bond donors (Lipinski definition) is 1. The minimum Gasteiger partial charge on any atom is -0.467 e. The quantitative estimate of drug-likeness (QED) is 0.856. The standard InChI is InChI=1S/C22H25N5O2/c1-29-22-25-18-11-13-27(21(28)19(18)20(24)26-22)17-8-6-16(7-9-17)15-4-2-14(3-5-15)10-12-23/h6-9,14-15H,2-5,10-11,13H2,1H3,(H2,24,25,26). The molecule has 2 aliphatic rings. The maximum Gasteiger partial charge on any atom is 0.318 e. The van der Waals surface area contributed by atoms with Gasteiger partial charge in [0.1, 0.15) is 11.4 Å². The van der Waals surface area contributed by atoms with Gasteiger partial charge in [0.2, 0.25) is 0 Å². The monoisotopic (exact) mass is 391 g/mol. The first kappa shape index (κ1) is 19.2. The SMILES string of the molecule is COc1nc(N)c2c(n1)CCN(c1ccc(C3CCC(CC#N)CC3)cc1)C2=O. The van der Waals surface area contributed by atoms with Crippen LogP contribution in [-0.2, 0) is 6.42 Å². The summed E-state index contributed by atoms with van der Waals surface area (Å²) in [5.41, 5.74) is 9.18. The maximum atomic E-state index is 13.0. The van der Waals surface area contributed by atoms with Crippen molar-refractivity contribution in [2.45, 2.75) is 44.4 Å². The molecule has 1 fully saturated rings. The van der Waals surface area contributed by atoms with Crippen molar-refractivity contribution in [1.82, 2.24) is 9.97 Å². The summed E-state index contributed by atoms with van der Waals surface area (Å²) < 4.78 is 5.06. The number of amides is 1. The minimum absolute atomic E-state index is 0.160. The fourth-order valence-electron chi connectivity index (χ4n) is 4.46. The normalized spacial score (nSPS) is 21.4. The number of fused-ring (bicyclic) bond motifs is 1. The summed E-state index contributed by atoms with van der Waals surface area (Å²) in [5, 5.41) is 8.88. The van der Waals surface area contributed by atoms with E-state index in [2.05, 4.69) is 28.2 Å². The van der Waals surface area contributed by atoms with E-state index in [4.69, 9.17) is 15.7 Å². The molecule has 2 aromatic rings. The predicted octanol–water partition coefficient (Wildman–Crippen LogP) is 3.46. The van der Waals surface area contributed by atoms with Gasteiger partial charge in [-0.05, 0) is 55.2 Å². The van der Waals surface area contributed by atoms with E-state index in [0.717, 1.165) is 31.4 Å². The van der Waals surface area contributed by atoms with Crippen LogP contribution in [0.15, 0.2) is 24.3 Å². The van der Waals surface area contributed by atoms with Gasteiger partial charge in [-0.15, -0.1) is 0 Å². The first-order valence-corrected chi connectivity index (χ1v) is 10.1. The molecular weight excluding hydrogens is 366 g/mol. The van der Waals surface area contributed by atoms with Crippen LogP contribution in [0.1, 0.15) is 59.6 Å². The third-order valence-corrected chi connectivity index (χ3v) is 6.11. The molecule has 150 valence electrons. The lowest BCUT2D eigenvalue weighted by molar-refractivity contribution is 0.0980. The summed E-state index contributed by atoms with van der Waals surface area (Å²) in [6.45, 7) is 0.546. The third-order valence-electron chi connectivity index (χ3n) is 6.11. The number of anilines is 2. The van der Waals surface area contributed by atoms with Crippen molar-refractivity contribution in [2.75, 3.05) is 24.3 Å². The molecule has 0 radical (unpaired) electrons. The van der Waals surface area contributed by atoms with Crippen LogP contribution in [0, 0.1) is 17.2 Å². The summed E-state index contributed by atoms with van der Waals surface area (Å²) in [6.07, 6.45) is 5.75. The summed E-state index contributed by atoms with van der Waals surface area (Å²) in [5.74, 6) is 1.07. The molecule has 0 spiro atoms. The van der Waals surface area contributed by atoms with Gasteiger partial charge in [-0.25, -0.2) is 0 Å². The fourth-order valence-corrected chi connectivity index (χ4v) is 4.46. The number of carbonyl (C=O) groups excluding carboxylic acids is 1. The van der Waals surface area contributed by atoms with Crippen LogP contribution in [0.5, 0.6) is 6.01 Å². The van der Waals surface area contributed by atoms with Gasteiger partial charge < -0.3 is 15.4 Å². The average molecular weight is 391 g/mol. The fraction of sp³-hybridized carbons (Fsp3) is 0.455. The number of methoxy groups -OCH3 is 1. The number of hydrogen-bond acceptors (Lipinski definition) is 6. The van der Waals surface area contributed by atoms with E-state index < -0.39 is 0 Å². The van der Waals surface area contributed by atoms with E-state index in [-0.39, 0.29) is 17.7 Å². The highest BCUT2D eigenvalue weighted by molar-refractivity contribution is 6.10. The predicted molar refractivity (Wildman–Crippen MR) is 110 cm³/mol. The smallest absolute Gasteiger partial charge is 0.318 e. The van der Waals surface area contributed by atoms with Crippen molar-refractivity contribution < 1.29 is 9.53 Å². The van der Waals surface area contributed by atoms with E-state index >= 15 is 0 Å². The Kier molecular flexibility index (Phi) is 5.34. The number of nitriles is 1. The van der Waals surface area contributed by atoms with E-state index in [0.29, 0.717) is 42.5 Å². The minimum atomic E-state index is -0.170. The average Bonchev–Trinajstić information content (AvgIpc) is 2.74. The molecule has 1 aromatic heterocycles. The molecule has 1 aromatic carbocycles. The first-order valence-electron chi connectivity index (χ1n) is 10.1. The van der Waals surface area contributed by atoms with Crippen molar-refractivity contribution >= 4 is 17.4 Å². The Hall–Kier alpha value is -3.14. The first-order chi connectivity index (χ1) is 14.1. The van der Waals surface area contributed by atoms with Gasteiger partial charge in [0.05, 0.1) is 18.9 Å². The topological polar surface area (TPSA) is 105 Å². The van der Waals surface area contributed by atoms with E-state index in [9.17, 15) is 4.79 Å². The van der Waals surface area contributed by atoms with Gasteiger partial charge in [0, 0.05) is 25.1 Å². The number of benzene rings is 1. The second-order valence-electron chi connectivity index (χ2n) is 7.80. The van der Waals surface area contributed by atoms with Crippen LogP contribution in [0.2, 0.25) is 0 Å². The Balaban J connectivity index is 1.49. The molecule has 2 heterocycles. The number of nitrogens with two attached hydrogens (primary N) is 1. The number of aromatic nitrogens is 2. The molecule has 1 saturated carbocycles. The highest BCUT2D eigenvalue weighted by atomic mass is 16.5. The third kappa shape index (κ3) is 3.75. The van der Waals surface area contributed by atoms with E-state index in [1.54, 1.807) is 4.90 Å². The molecule has 29 heavy (non-hydrogen) atoms. The highest BCUT2D eigenvalue weighted by Crippen LogP contribution is 2.37. The maximum absolute atomic E-state index is 13.0. The number of nitrogens with zero attached hydrogens (tertiary/aromatic N) is 4. The molecule has 0 bridgehead atoms. The zero-order chi connectivity index (χ0) is 20.4.